The first-order chi connectivity index (χ1) is 9.89. The van der Waals surface area contributed by atoms with E-state index in [1.807, 2.05) is 0 Å². The van der Waals surface area contributed by atoms with Crippen LogP contribution in [-0.2, 0) is 23.1 Å². The molecule has 10 heteroatoms. The minimum atomic E-state index is -4.05. The predicted molar refractivity (Wildman–Crippen MR) is 73.4 cm³/mol. The van der Waals surface area contributed by atoms with Gasteiger partial charge in [-0.2, -0.15) is 4.31 Å². The second kappa shape index (κ2) is 4.93. The topological polar surface area (TPSA) is 94.1 Å². The number of fused-ring (bicyclic) bond motifs is 1. The molecule has 0 spiro atoms. The Morgan fingerprint density at radius 3 is 2.86 bits per heavy atom. The zero-order chi connectivity index (χ0) is 15.2. The molecule has 1 aliphatic rings. The summed E-state index contributed by atoms with van der Waals surface area (Å²) in [6.07, 6.45) is 1.53. The van der Waals surface area contributed by atoms with Crippen LogP contribution in [0.1, 0.15) is 5.82 Å². The van der Waals surface area contributed by atoms with Gasteiger partial charge in [-0.3, -0.25) is 0 Å². The fourth-order valence-corrected chi connectivity index (χ4v) is 3.95. The van der Waals surface area contributed by atoms with E-state index in [-0.39, 0.29) is 23.8 Å². The van der Waals surface area contributed by atoms with Gasteiger partial charge in [0.2, 0.25) is 10.0 Å². The molecule has 0 bridgehead atoms. The molecule has 0 fully saturated rings. The number of anilines is 1. The van der Waals surface area contributed by atoms with E-state index >= 15 is 0 Å². The van der Waals surface area contributed by atoms with Crippen LogP contribution in [0.2, 0.25) is 5.02 Å². The normalized spacial score (nSPS) is 15.9. The maximum Gasteiger partial charge on any atom is 0.246 e. The molecule has 7 nitrogen and oxygen atoms in total. The monoisotopic (exact) mass is 331 g/mol. The molecule has 1 aromatic carbocycles. The third-order valence-electron chi connectivity index (χ3n) is 3.24. The minimum Gasteiger partial charge on any atom is -0.399 e. The lowest BCUT2D eigenvalue weighted by Gasteiger charge is -2.26. The van der Waals surface area contributed by atoms with Gasteiger partial charge in [0.15, 0.2) is 5.82 Å². The van der Waals surface area contributed by atoms with Gasteiger partial charge in [-0.15, -0.1) is 10.2 Å². The minimum absolute atomic E-state index is 0.0220. The zero-order valence-corrected chi connectivity index (χ0v) is 12.3. The van der Waals surface area contributed by atoms with E-state index in [0.717, 1.165) is 10.4 Å². The van der Waals surface area contributed by atoms with E-state index in [1.165, 1.54) is 12.4 Å². The van der Waals surface area contributed by atoms with Crippen LogP contribution in [0.4, 0.5) is 10.1 Å². The number of aromatic nitrogens is 3. The summed E-state index contributed by atoms with van der Waals surface area (Å²) in [7, 11) is -4.05. The summed E-state index contributed by atoms with van der Waals surface area (Å²) in [6, 6.07) is 2.23. The van der Waals surface area contributed by atoms with E-state index in [9.17, 15) is 12.8 Å². The Labute approximate surface area is 125 Å². The second-order valence-electron chi connectivity index (χ2n) is 4.59. The van der Waals surface area contributed by atoms with Crippen LogP contribution in [0.5, 0.6) is 0 Å². The van der Waals surface area contributed by atoms with Gasteiger partial charge in [-0.05, 0) is 12.1 Å². The molecule has 21 heavy (non-hydrogen) atoms. The fraction of sp³-hybridized carbons (Fsp3) is 0.273. The molecule has 0 amide bonds. The van der Waals surface area contributed by atoms with E-state index in [4.69, 9.17) is 17.3 Å². The van der Waals surface area contributed by atoms with Crippen LogP contribution in [-0.4, -0.2) is 34.0 Å². The molecular formula is C11H11ClFN5O2S. The Balaban J connectivity index is 2.03. The van der Waals surface area contributed by atoms with Gasteiger partial charge in [0, 0.05) is 18.8 Å². The van der Waals surface area contributed by atoms with Crippen LogP contribution in [0.3, 0.4) is 0 Å². The van der Waals surface area contributed by atoms with Crippen molar-refractivity contribution in [2.75, 3.05) is 12.3 Å². The van der Waals surface area contributed by atoms with Gasteiger partial charge in [-0.1, -0.05) is 11.6 Å². The number of hydrogen-bond acceptors (Lipinski definition) is 5. The number of nitrogens with two attached hydrogens (primary N) is 1. The number of nitrogens with zero attached hydrogens (tertiary/aromatic N) is 4. The molecular weight excluding hydrogens is 321 g/mol. The predicted octanol–water partition coefficient (Wildman–Crippen LogP) is 0.857. The largest absolute Gasteiger partial charge is 0.399 e. The Morgan fingerprint density at radius 1 is 1.33 bits per heavy atom. The molecule has 112 valence electrons. The molecule has 1 aromatic heterocycles. The highest BCUT2D eigenvalue weighted by molar-refractivity contribution is 7.89. The molecule has 3 rings (SSSR count). The number of halogens is 2. The molecule has 0 saturated carbocycles. The molecule has 2 aromatic rings. The van der Waals surface area contributed by atoms with Gasteiger partial charge >= 0.3 is 0 Å². The summed E-state index contributed by atoms with van der Waals surface area (Å²) in [4.78, 5) is -0.527. The smallest absolute Gasteiger partial charge is 0.246 e. The standard InChI is InChI=1S/C11H11ClFN5O2S/c12-8-3-7(14)4-9(11(8)13)21(19,20)18-2-1-17-6-15-16-10(17)5-18/h3-4,6H,1-2,5,14H2. The highest BCUT2D eigenvalue weighted by Gasteiger charge is 2.32. The molecule has 0 aliphatic carbocycles. The Kier molecular flexibility index (Phi) is 3.34. The number of hydrogen-bond donors (Lipinski definition) is 1. The summed E-state index contributed by atoms with van der Waals surface area (Å²) in [5, 5.41) is 7.22. The quantitative estimate of drug-likeness (QED) is 0.824. The lowest BCUT2D eigenvalue weighted by Crippen LogP contribution is -2.38. The van der Waals surface area contributed by atoms with Crippen molar-refractivity contribution in [2.24, 2.45) is 0 Å². The Hall–Kier alpha value is -1.71. The molecule has 2 N–H and O–H groups in total. The highest BCUT2D eigenvalue weighted by atomic mass is 35.5. The average Bonchev–Trinajstić information content (AvgIpc) is 2.89. The summed E-state index contributed by atoms with van der Waals surface area (Å²) >= 11 is 5.66. The Bertz CT molecular complexity index is 807. The first-order valence-electron chi connectivity index (χ1n) is 6.01. The molecule has 1 aliphatic heterocycles. The summed E-state index contributed by atoms with van der Waals surface area (Å²) in [5.41, 5.74) is 5.64. The van der Waals surface area contributed by atoms with Crippen LogP contribution in [0.25, 0.3) is 0 Å². The number of rotatable bonds is 2. The van der Waals surface area contributed by atoms with Crippen molar-refractivity contribution in [1.82, 2.24) is 19.1 Å². The van der Waals surface area contributed by atoms with Crippen LogP contribution < -0.4 is 5.73 Å². The first-order valence-corrected chi connectivity index (χ1v) is 7.83. The van der Waals surface area contributed by atoms with Crippen molar-refractivity contribution in [3.8, 4) is 0 Å². The van der Waals surface area contributed by atoms with Crippen molar-refractivity contribution >= 4 is 27.3 Å². The van der Waals surface area contributed by atoms with E-state index in [0.29, 0.717) is 12.4 Å². The van der Waals surface area contributed by atoms with Crippen molar-refractivity contribution in [3.63, 3.8) is 0 Å². The Morgan fingerprint density at radius 2 is 2.10 bits per heavy atom. The van der Waals surface area contributed by atoms with Crippen molar-refractivity contribution in [2.45, 2.75) is 18.0 Å². The van der Waals surface area contributed by atoms with Gasteiger partial charge in [0.25, 0.3) is 0 Å². The SMILES string of the molecule is Nc1cc(Cl)c(F)c(S(=O)(=O)N2CCn3cnnc3C2)c1. The van der Waals surface area contributed by atoms with Gasteiger partial charge in [-0.25, -0.2) is 12.8 Å². The lowest BCUT2D eigenvalue weighted by molar-refractivity contribution is 0.334. The molecule has 0 atom stereocenters. The highest BCUT2D eigenvalue weighted by Crippen LogP contribution is 2.29. The van der Waals surface area contributed by atoms with Crippen molar-refractivity contribution in [3.05, 3.63) is 35.1 Å². The molecule has 0 unspecified atom stereocenters. The maximum absolute atomic E-state index is 14.0. The molecule has 2 heterocycles. The van der Waals surface area contributed by atoms with Gasteiger partial charge in [0.1, 0.15) is 17.0 Å². The second-order valence-corrected chi connectivity index (χ2v) is 6.91. The summed E-state index contributed by atoms with van der Waals surface area (Å²) < 4.78 is 42.0. The lowest BCUT2D eigenvalue weighted by atomic mass is 10.3. The average molecular weight is 332 g/mol. The number of benzene rings is 1. The van der Waals surface area contributed by atoms with Crippen LogP contribution in [0.15, 0.2) is 23.4 Å². The van der Waals surface area contributed by atoms with Crippen LogP contribution in [0, 0.1) is 5.82 Å². The van der Waals surface area contributed by atoms with Gasteiger partial charge in [0.05, 0.1) is 11.6 Å². The van der Waals surface area contributed by atoms with E-state index in [2.05, 4.69) is 10.2 Å². The van der Waals surface area contributed by atoms with Gasteiger partial charge < -0.3 is 10.3 Å². The van der Waals surface area contributed by atoms with Crippen molar-refractivity contribution < 1.29 is 12.8 Å². The van der Waals surface area contributed by atoms with Crippen molar-refractivity contribution in [1.29, 1.82) is 0 Å². The molecule has 0 saturated heterocycles. The third-order valence-corrected chi connectivity index (χ3v) is 5.36. The van der Waals surface area contributed by atoms with Crippen LogP contribution >= 0.6 is 11.6 Å². The first kappa shape index (κ1) is 14.2. The third kappa shape index (κ3) is 2.37. The summed E-state index contributed by atoms with van der Waals surface area (Å²) in [6.45, 7) is 0.618. The zero-order valence-electron chi connectivity index (χ0n) is 10.7. The number of sulfonamides is 1. The number of nitrogen functional groups attached to an aromatic ring is 1. The maximum atomic E-state index is 14.0. The van der Waals surface area contributed by atoms with E-state index < -0.39 is 20.7 Å². The molecule has 0 radical (unpaired) electrons. The fourth-order valence-electron chi connectivity index (χ4n) is 2.16. The summed E-state index contributed by atoms with van der Waals surface area (Å²) in [5.74, 6) is -0.502. The van der Waals surface area contributed by atoms with E-state index in [1.54, 1.807) is 4.57 Å².